The van der Waals surface area contributed by atoms with E-state index in [1.54, 1.807) is 0 Å². The first-order valence-corrected chi connectivity index (χ1v) is 13.3. The Morgan fingerprint density at radius 3 is 2.22 bits per heavy atom. The van der Waals surface area contributed by atoms with E-state index in [0.717, 1.165) is 56.7 Å². The van der Waals surface area contributed by atoms with Crippen LogP contribution in [0.5, 0.6) is 0 Å². The van der Waals surface area contributed by atoms with Gasteiger partial charge in [0.2, 0.25) is 5.91 Å². The summed E-state index contributed by atoms with van der Waals surface area (Å²) in [5.41, 5.74) is 3.60. The SMILES string of the molecule is CN1CCN(CCC[C@H](NC(=O)c2ccccc2-c2ccccc2)C(=O)NCCc2ccccc2)CC1. The number of benzene rings is 3. The summed E-state index contributed by atoms with van der Waals surface area (Å²) in [6, 6.07) is 27.0. The second-order valence-electron chi connectivity index (χ2n) is 9.75. The maximum absolute atomic E-state index is 13.4. The predicted molar refractivity (Wildman–Crippen MR) is 149 cm³/mol. The zero-order chi connectivity index (χ0) is 25.9. The highest BCUT2D eigenvalue weighted by atomic mass is 16.2. The lowest BCUT2D eigenvalue weighted by molar-refractivity contribution is -0.123. The highest BCUT2D eigenvalue weighted by Gasteiger charge is 2.23. The van der Waals surface area contributed by atoms with Gasteiger partial charge in [0, 0.05) is 38.3 Å². The third-order valence-corrected chi connectivity index (χ3v) is 7.00. The van der Waals surface area contributed by atoms with Gasteiger partial charge in [0.25, 0.3) is 5.91 Å². The highest BCUT2D eigenvalue weighted by Crippen LogP contribution is 2.23. The number of likely N-dealkylation sites (N-methyl/N-ethyl adjacent to an activating group) is 1. The molecule has 6 heteroatoms. The molecule has 6 nitrogen and oxygen atoms in total. The zero-order valence-electron chi connectivity index (χ0n) is 21.7. The first-order valence-electron chi connectivity index (χ1n) is 13.3. The standard InChI is InChI=1S/C31H38N4O2/c1-34-21-23-35(24-22-34)20-10-17-29(31(37)32-19-18-25-11-4-2-5-12-25)33-30(36)28-16-9-8-15-27(28)26-13-6-3-7-14-26/h2-9,11-16,29H,10,17-24H2,1H3,(H,32,37)(H,33,36)/t29-/m0/s1. The quantitative estimate of drug-likeness (QED) is 0.422. The van der Waals surface area contributed by atoms with Gasteiger partial charge in [0.1, 0.15) is 6.04 Å². The Bertz CT molecular complexity index is 1130. The van der Waals surface area contributed by atoms with E-state index >= 15 is 0 Å². The topological polar surface area (TPSA) is 64.7 Å². The van der Waals surface area contributed by atoms with Gasteiger partial charge in [0.15, 0.2) is 0 Å². The van der Waals surface area contributed by atoms with Gasteiger partial charge < -0.3 is 20.4 Å². The Hall–Kier alpha value is -3.48. The lowest BCUT2D eigenvalue weighted by Gasteiger charge is -2.32. The van der Waals surface area contributed by atoms with Crippen molar-refractivity contribution in [2.45, 2.75) is 25.3 Å². The Morgan fingerprint density at radius 1 is 0.838 bits per heavy atom. The zero-order valence-corrected chi connectivity index (χ0v) is 21.7. The summed E-state index contributed by atoms with van der Waals surface area (Å²) in [5, 5.41) is 6.11. The summed E-state index contributed by atoms with van der Waals surface area (Å²) in [7, 11) is 2.15. The van der Waals surface area contributed by atoms with Crippen molar-refractivity contribution in [2.75, 3.05) is 46.3 Å². The van der Waals surface area contributed by atoms with Gasteiger partial charge in [-0.25, -0.2) is 0 Å². The maximum Gasteiger partial charge on any atom is 0.252 e. The highest BCUT2D eigenvalue weighted by molar-refractivity contribution is 6.02. The molecule has 1 aliphatic rings. The van der Waals surface area contributed by atoms with Crippen LogP contribution in [0, 0.1) is 0 Å². The van der Waals surface area contributed by atoms with Gasteiger partial charge in [-0.2, -0.15) is 0 Å². The molecule has 3 aromatic carbocycles. The first-order chi connectivity index (χ1) is 18.1. The minimum atomic E-state index is -0.584. The molecule has 1 fully saturated rings. The molecular weight excluding hydrogens is 460 g/mol. The predicted octanol–water partition coefficient (Wildman–Crippen LogP) is 3.84. The van der Waals surface area contributed by atoms with Crippen LogP contribution in [0.1, 0.15) is 28.8 Å². The number of nitrogens with zero attached hydrogens (tertiary/aromatic N) is 2. The van der Waals surface area contributed by atoms with Crippen LogP contribution >= 0.6 is 0 Å². The molecule has 0 unspecified atom stereocenters. The summed E-state index contributed by atoms with van der Waals surface area (Å²) in [4.78, 5) is 31.5. The Morgan fingerprint density at radius 2 is 1.49 bits per heavy atom. The number of amides is 2. The lowest BCUT2D eigenvalue weighted by atomic mass is 9.98. The molecule has 194 valence electrons. The molecule has 37 heavy (non-hydrogen) atoms. The number of nitrogens with one attached hydrogen (secondary N) is 2. The van der Waals surface area contributed by atoms with Gasteiger partial charge in [0.05, 0.1) is 0 Å². The number of piperazine rings is 1. The summed E-state index contributed by atoms with van der Waals surface area (Å²) in [6.45, 7) is 5.68. The van der Waals surface area contributed by atoms with Crippen LogP contribution in [-0.2, 0) is 11.2 Å². The number of carbonyl (C=O) groups is 2. The molecule has 0 saturated carbocycles. The molecule has 2 amide bonds. The third kappa shape index (κ3) is 8.00. The van der Waals surface area contributed by atoms with E-state index in [1.807, 2.05) is 72.8 Å². The van der Waals surface area contributed by atoms with E-state index in [2.05, 4.69) is 39.6 Å². The molecule has 0 radical (unpaired) electrons. The smallest absolute Gasteiger partial charge is 0.252 e. The molecule has 1 atom stereocenters. The van der Waals surface area contributed by atoms with Crippen LogP contribution < -0.4 is 10.6 Å². The Balaban J connectivity index is 1.41. The van der Waals surface area contributed by atoms with E-state index < -0.39 is 6.04 Å². The number of hydrogen-bond acceptors (Lipinski definition) is 4. The molecular formula is C31H38N4O2. The summed E-state index contributed by atoms with van der Waals surface area (Å²) in [6.07, 6.45) is 2.20. The van der Waals surface area contributed by atoms with E-state index in [9.17, 15) is 9.59 Å². The molecule has 1 aliphatic heterocycles. The number of rotatable bonds is 11. The first kappa shape index (κ1) is 26.6. The van der Waals surface area contributed by atoms with Crippen molar-refractivity contribution in [3.63, 3.8) is 0 Å². The monoisotopic (exact) mass is 498 g/mol. The molecule has 1 heterocycles. The van der Waals surface area contributed by atoms with Gasteiger partial charge in [-0.15, -0.1) is 0 Å². The average molecular weight is 499 g/mol. The average Bonchev–Trinajstić information content (AvgIpc) is 2.94. The van der Waals surface area contributed by atoms with Crippen LogP contribution in [0.3, 0.4) is 0 Å². The molecule has 1 saturated heterocycles. The van der Waals surface area contributed by atoms with Crippen molar-refractivity contribution < 1.29 is 9.59 Å². The molecule has 3 aromatic rings. The normalized spacial score (nSPS) is 15.2. The van der Waals surface area contributed by atoms with E-state index in [1.165, 1.54) is 5.56 Å². The van der Waals surface area contributed by atoms with Crippen molar-refractivity contribution in [3.8, 4) is 11.1 Å². The van der Waals surface area contributed by atoms with E-state index in [-0.39, 0.29) is 11.8 Å². The number of hydrogen-bond donors (Lipinski definition) is 2. The lowest BCUT2D eigenvalue weighted by Crippen LogP contribution is -2.48. The van der Waals surface area contributed by atoms with Gasteiger partial charge in [-0.3, -0.25) is 9.59 Å². The summed E-state index contributed by atoms with van der Waals surface area (Å²) < 4.78 is 0. The second-order valence-corrected chi connectivity index (χ2v) is 9.75. The molecule has 0 aliphatic carbocycles. The minimum absolute atomic E-state index is 0.125. The summed E-state index contributed by atoms with van der Waals surface area (Å²) in [5.74, 6) is -0.345. The van der Waals surface area contributed by atoms with Crippen LogP contribution in [0.25, 0.3) is 11.1 Å². The van der Waals surface area contributed by atoms with E-state index in [4.69, 9.17) is 0 Å². The molecule has 2 N–H and O–H groups in total. The third-order valence-electron chi connectivity index (χ3n) is 7.00. The van der Waals surface area contributed by atoms with Crippen LogP contribution in [-0.4, -0.2) is 74.0 Å². The second kappa shape index (κ2) is 13.7. The van der Waals surface area contributed by atoms with Crippen molar-refractivity contribution in [1.29, 1.82) is 0 Å². The van der Waals surface area contributed by atoms with Gasteiger partial charge in [-0.1, -0.05) is 78.9 Å². The Labute approximate surface area is 220 Å². The Kier molecular flexibility index (Phi) is 9.86. The molecule has 0 bridgehead atoms. The van der Waals surface area contributed by atoms with Crippen LogP contribution in [0.4, 0.5) is 0 Å². The van der Waals surface area contributed by atoms with Crippen molar-refractivity contribution in [1.82, 2.24) is 20.4 Å². The van der Waals surface area contributed by atoms with Crippen molar-refractivity contribution >= 4 is 11.8 Å². The van der Waals surface area contributed by atoms with Crippen molar-refractivity contribution in [3.05, 3.63) is 96.1 Å². The maximum atomic E-state index is 13.4. The van der Waals surface area contributed by atoms with E-state index in [0.29, 0.717) is 18.5 Å². The molecule has 0 spiro atoms. The van der Waals surface area contributed by atoms with Gasteiger partial charge in [-0.05, 0) is 55.6 Å². The summed E-state index contributed by atoms with van der Waals surface area (Å²) >= 11 is 0. The molecule has 4 rings (SSSR count). The fourth-order valence-corrected chi connectivity index (χ4v) is 4.74. The number of carbonyl (C=O) groups excluding carboxylic acids is 2. The largest absolute Gasteiger partial charge is 0.354 e. The van der Waals surface area contributed by atoms with Crippen molar-refractivity contribution in [2.24, 2.45) is 0 Å². The fraction of sp³-hybridized carbons (Fsp3) is 0.355. The van der Waals surface area contributed by atoms with Crippen LogP contribution in [0.2, 0.25) is 0 Å². The molecule has 0 aromatic heterocycles. The fourth-order valence-electron chi connectivity index (χ4n) is 4.74. The van der Waals surface area contributed by atoms with Crippen LogP contribution in [0.15, 0.2) is 84.9 Å². The minimum Gasteiger partial charge on any atom is -0.354 e. The van der Waals surface area contributed by atoms with Gasteiger partial charge >= 0.3 is 0 Å².